The van der Waals surface area contributed by atoms with Gasteiger partial charge >= 0.3 is 0 Å². The second-order valence-electron chi connectivity index (χ2n) is 7.83. The maximum absolute atomic E-state index is 13.0. The summed E-state index contributed by atoms with van der Waals surface area (Å²) >= 11 is 5.96. The van der Waals surface area contributed by atoms with Crippen LogP contribution in [0.4, 0.5) is 0 Å². The summed E-state index contributed by atoms with van der Waals surface area (Å²) in [6, 6.07) is 17.0. The van der Waals surface area contributed by atoms with Crippen LogP contribution in [0.25, 0.3) is 5.76 Å². The molecular weight excluding hydrogens is 414 g/mol. The van der Waals surface area contributed by atoms with Crippen molar-refractivity contribution in [3.63, 3.8) is 0 Å². The predicted molar refractivity (Wildman–Crippen MR) is 119 cm³/mol. The molecule has 1 aliphatic heterocycles. The summed E-state index contributed by atoms with van der Waals surface area (Å²) < 4.78 is 5.41. The van der Waals surface area contributed by atoms with Crippen molar-refractivity contribution in [1.82, 2.24) is 4.90 Å². The zero-order chi connectivity index (χ0) is 22.1. The number of nitrogens with zero attached hydrogens (tertiary/aromatic N) is 1. The molecule has 158 valence electrons. The Morgan fingerprint density at radius 3 is 2.32 bits per heavy atom. The lowest BCUT2D eigenvalue weighted by molar-refractivity contribution is -0.140. The van der Waals surface area contributed by atoms with Gasteiger partial charge in [0.15, 0.2) is 0 Å². The van der Waals surface area contributed by atoms with E-state index in [2.05, 4.69) is 13.8 Å². The number of aliphatic hydroxyl groups excluding tert-OH is 1. The molecule has 1 fully saturated rings. The van der Waals surface area contributed by atoms with E-state index in [1.165, 1.54) is 11.2 Å². The van der Waals surface area contributed by atoms with Gasteiger partial charge in [0.05, 0.1) is 24.4 Å². The molecule has 6 heteroatoms. The van der Waals surface area contributed by atoms with Crippen LogP contribution in [0, 0.1) is 0 Å². The minimum Gasteiger partial charge on any atom is -0.507 e. The Labute approximate surface area is 185 Å². The fourth-order valence-electron chi connectivity index (χ4n) is 3.79. The molecule has 5 nitrogen and oxygen atoms in total. The number of furan rings is 1. The highest BCUT2D eigenvalue weighted by atomic mass is 35.5. The Hall–Kier alpha value is -3.31. The van der Waals surface area contributed by atoms with Gasteiger partial charge in [0.2, 0.25) is 0 Å². The molecule has 1 aliphatic rings. The van der Waals surface area contributed by atoms with E-state index in [0.717, 1.165) is 11.1 Å². The quantitative estimate of drug-likeness (QED) is 0.318. The Morgan fingerprint density at radius 2 is 1.74 bits per heavy atom. The number of benzene rings is 2. The van der Waals surface area contributed by atoms with E-state index in [1.54, 1.807) is 36.4 Å². The highest BCUT2D eigenvalue weighted by Crippen LogP contribution is 2.40. The van der Waals surface area contributed by atoms with Crippen LogP contribution >= 0.6 is 11.6 Å². The number of ketones is 1. The van der Waals surface area contributed by atoms with Gasteiger partial charge in [-0.1, -0.05) is 49.7 Å². The number of Topliss-reactive ketones (excluding diaryl/α,β-unsaturated/α-hetero) is 1. The third-order valence-corrected chi connectivity index (χ3v) is 5.73. The minimum atomic E-state index is -0.734. The molecule has 3 aromatic rings. The number of carbonyl (C=O) groups is 2. The van der Waals surface area contributed by atoms with Crippen LogP contribution in [0.5, 0.6) is 0 Å². The van der Waals surface area contributed by atoms with Gasteiger partial charge in [-0.2, -0.15) is 0 Å². The van der Waals surface area contributed by atoms with E-state index in [1.807, 2.05) is 24.3 Å². The van der Waals surface area contributed by atoms with E-state index in [9.17, 15) is 14.7 Å². The second kappa shape index (κ2) is 8.44. The molecule has 2 heterocycles. The van der Waals surface area contributed by atoms with E-state index in [4.69, 9.17) is 16.0 Å². The summed E-state index contributed by atoms with van der Waals surface area (Å²) in [5.41, 5.74) is 2.36. The second-order valence-corrected chi connectivity index (χ2v) is 8.27. The minimum absolute atomic E-state index is 0.0520. The van der Waals surface area contributed by atoms with Crippen molar-refractivity contribution in [2.24, 2.45) is 0 Å². The van der Waals surface area contributed by atoms with Gasteiger partial charge in [-0.3, -0.25) is 9.59 Å². The number of hydrogen-bond donors (Lipinski definition) is 1. The Balaban J connectivity index is 1.84. The van der Waals surface area contributed by atoms with Gasteiger partial charge in [-0.15, -0.1) is 0 Å². The third-order valence-electron chi connectivity index (χ3n) is 5.48. The summed E-state index contributed by atoms with van der Waals surface area (Å²) in [7, 11) is 0. The van der Waals surface area contributed by atoms with Gasteiger partial charge in [-0.05, 0) is 53.4 Å². The van der Waals surface area contributed by atoms with E-state index >= 15 is 0 Å². The van der Waals surface area contributed by atoms with Crippen LogP contribution in [-0.2, 0) is 16.1 Å². The first-order valence-electron chi connectivity index (χ1n) is 10.0. The van der Waals surface area contributed by atoms with Crippen molar-refractivity contribution < 1.29 is 19.1 Å². The lowest BCUT2D eigenvalue weighted by atomic mass is 9.93. The number of halogens is 1. The van der Waals surface area contributed by atoms with Gasteiger partial charge in [0.25, 0.3) is 11.7 Å². The number of aliphatic hydroxyl groups is 1. The standard InChI is InChI=1S/C25H22ClNO4/c1-15(2)16-5-7-17(8-6-16)22-21(23(28)18-9-11-19(26)12-10-18)24(29)25(30)27(22)14-20-4-3-13-31-20/h3-13,15,22,28H,14H2,1-2H3/t22-/m1/s1. The van der Waals surface area contributed by atoms with Crippen molar-refractivity contribution >= 4 is 29.1 Å². The van der Waals surface area contributed by atoms with Crippen LogP contribution < -0.4 is 0 Å². The van der Waals surface area contributed by atoms with E-state index < -0.39 is 17.7 Å². The smallest absolute Gasteiger partial charge is 0.296 e. The molecule has 1 atom stereocenters. The molecule has 0 aliphatic carbocycles. The molecule has 2 aromatic carbocycles. The summed E-state index contributed by atoms with van der Waals surface area (Å²) in [4.78, 5) is 27.4. The number of hydrogen-bond acceptors (Lipinski definition) is 4. The Kier molecular flexibility index (Phi) is 5.70. The first kappa shape index (κ1) is 20.9. The maximum Gasteiger partial charge on any atom is 0.296 e. The first-order valence-corrected chi connectivity index (χ1v) is 10.4. The molecule has 0 radical (unpaired) electrons. The van der Waals surface area contributed by atoms with Crippen molar-refractivity contribution in [3.8, 4) is 0 Å². The lowest BCUT2D eigenvalue weighted by Crippen LogP contribution is -2.29. The normalized spacial score (nSPS) is 18.2. The molecule has 0 saturated carbocycles. The first-order chi connectivity index (χ1) is 14.9. The average Bonchev–Trinajstić information content (AvgIpc) is 3.36. The number of likely N-dealkylation sites (tertiary alicyclic amines) is 1. The zero-order valence-corrected chi connectivity index (χ0v) is 18.0. The van der Waals surface area contributed by atoms with Gasteiger partial charge in [-0.25, -0.2) is 0 Å². The molecule has 1 N–H and O–H groups in total. The van der Waals surface area contributed by atoms with E-state index in [-0.39, 0.29) is 17.9 Å². The van der Waals surface area contributed by atoms with Crippen LogP contribution in [0.15, 0.2) is 76.9 Å². The third kappa shape index (κ3) is 4.01. The molecule has 31 heavy (non-hydrogen) atoms. The van der Waals surface area contributed by atoms with Crippen molar-refractivity contribution in [3.05, 3.63) is 100.0 Å². The Bertz CT molecular complexity index is 1130. The van der Waals surface area contributed by atoms with Gasteiger partial charge < -0.3 is 14.4 Å². The van der Waals surface area contributed by atoms with Crippen LogP contribution in [0.2, 0.25) is 5.02 Å². The number of carbonyl (C=O) groups excluding carboxylic acids is 2. The van der Waals surface area contributed by atoms with Gasteiger partial charge in [0.1, 0.15) is 11.5 Å². The van der Waals surface area contributed by atoms with Crippen LogP contribution in [0.1, 0.15) is 48.3 Å². The molecule has 1 amide bonds. The largest absolute Gasteiger partial charge is 0.507 e. The average molecular weight is 436 g/mol. The van der Waals surface area contributed by atoms with E-state index in [0.29, 0.717) is 22.3 Å². The zero-order valence-electron chi connectivity index (χ0n) is 17.2. The lowest BCUT2D eigenvalue weighted by Gasteiger charge is -2.25. The highest BCUT2D eigenvalue weighted by Gasteiger charge is 2.46. The fourth-order valence-corrected chi connectivity index (χ4v) is 3.91. The Morgan fingerprint density at radius 1 is 1.06 bits per heavy atom. The number of rotatable bonds is 5. The van der Waals surface area contributed by atoms with Crippen molar-refractivity contribution in [2.75, 3.05) is 0 Å². The highest BCUT2D eigenvalue weighted by molar-refractivity contribution is 6.46. The molecule has 0 unspecified atom stereocenters. The summed E-state index contributed by atoms with van der Waals surface area (Å²) in [5.74, 6) is -0.730. The van der Waals surface area contributed by atoms with Gasteiger partial charge in [0, 0.05) is 10.6 Å². The maximum atomic E-state index is 13.0. The van der Waals surface area contributed by atoms with Crippen molar-refractivity contribution in [2.45, 2.75) is 32.4 Å². The van der Waals surface area contributed by atoms with Crippen LogP contribution in [-0.4, -0.2) is 21.7 Å². The molecule has 0 spiro atoms. The molecule has 0 bridgehead atoms. The topological polar surface area (TPSA) is 70.8 Å². The van der Waals surface area contributed by atoms with Crippen LogP contribution in [0.3, 0.4) is 0 Å². The monoisotopic (exact) mass is 435 g/mol. The SMILES string of the molecule is CC(C)c1ccc([C@@H]2C(=C(O)c3ccc(Cl)cc3)C(=O)C(=O)N2Cc2ccco2)cc1. The summed E-state index contributed by atoms with van der Waals surface area (Å²) in [5, 5.41) is 11.5. The summed E-state index contributed by atoms with van der Waals surface area (Å²) in [6.45, 7) is 4.31. The molecule has 4 rings (SSSR count). The molecule has 1 aromatic heterocycles. The molecular formula is C25H22ClNO4. The predicted octanol–water partition coefficient (Wildman–Crippen LogP) is 5.68. The fraction of sp³-hybridized carbons (Fsp3) is 0.200. The van der Waals surface area contributed by atoms with Crippen molar-refractivity contribution in [1.29, 1.82) is 0 Å². The summed E-state index contributed by atoms with van der Waals surface area (Å²) in [6.07, 6.45) is 1.52. The number of amides is 1. The molecule has 1 saturated heterocycles.